The Morgan fingerprint density at radius 1 is 1.35 bits per heavy atom. The summed E-state index contributed by atoms with van der Waals surface area (Å²) in [5.74, 6) is -2.19. The Morgan fingerprint density at radius 3 is 2.41 bits per heavy atom. The van der Waals surface area contributed by atoms with Crippen molar-refractivity contribution in [1.82, 2.24) is 4.98 Å². The minimum Gasteiger partial charge on any atom is -0.480 e. The van der Waals surface area contributed by atoms with Gasteiger partial charge in [-0.05, 0) is 12.1 Å². The van der Waals surface area contributed by atoms with Gasteiger partial charge in [0.2, 0.25) is 0 Å². The zero-order valence-corrected chi connectivity index (χ0v) is 8.70. The Kier molecular flexibility index (Phi) is 4.00. The van der Waals surface area contributed by atoms with E-state index in [9.17, 15) is 9.59 Å². The molecule has 7 heteroatoms. The maximum atomic E-state index is 10.6. The third kappa shape index (κ3) is 3.79. The summed E-state index contributed by atoms with van der Waals surface area (Å²) in [4.78, 5) is 26.1. The number of aliphatic carboxylic acids is 2. The molecule has 1 aromatic rings. The molecule has 0 fully saturated rings. The Balaban J connectivity index is 2.99. The molecular weight excluding hydrogens is 226 g/mol. The van der Waals surface area contributed by atoms with Gasteiger partial charge in [-0.2, -0.15) is 5.26 Å². The molecule has 0 aliphatic heterocycles. The van der Waals surface area contributed by atoms with Crippen LogP contribution in [0.15, 0.2) is 18.3 Å². The number of carbonyl (C=O) groups is 2. The standard InChI is InChI=1S/C10H9N3O4/c11-4-7-1-2-12-8(3-7)13(5-9(14)15)6-10(16)17/h1-3H,5-6H2,(H,14,15)(H,16,17). The zero-order chi connectivity index (χ0) is 12.8. The number of nitriles is 1. The first-order valence-corrected chi connectivity index (χ1v) is 4.57. The largest absolute Gasteiger partial charge is 0.480 e. The number of carboxylic acid groups (broad SMARTS) is 2. The van der Waals surface area contributed by atoms with Gasteiger partial charge in [0.15, 0.2) is 0 Å². The van der Waals surface area contributed by atoms with Gasteiger partial charge in [-0.25, -0.2) is 4.98 Å². The third-order valence-electron chi connectivity index (χ3n) is 1.85. The summed E-state index contributed by atoms with van der Waals surface area (Å²) < 4.78 is 0. The van der Waals surface area contributed by atoms with Gasteiger partial charge < -0.3 is 15.1 Å². The van der Waals surface area contributed by atoms with Gasteiger partial charge in [-0.1, -0.05) is 0 Å². The highest BCUT2D eigenvalue weighted by Gasteiger charge is 2.15. The van der Waals surface area contributed by atoms with E-state index < -0.39 is 25.0 Å². The van der Waals surface area contributed by atoms with Gasteiger partial charge in [0.25, 0.3) is 0 Å². The molecule has 0 aliphatic rings. The molecule has 2 N–H and O–H groups in total. The monoisotopic (exact) mass is 235 g/mol. The van der Waals surface area contributed by atoms with Gasteiger partial charge in [-0.3, -0.25) is 9.59 Å². The van der Waals surface area contributed by atoms with Crippen LogP contribution in [0.4, 0.5) is 5.82 Å². The summed E-state index contributed by atoms with van der Waals surface area (Å²) in [6.45, 7) is -0.984. The molecule has 1 rings (SSSR count). The second-order valence-corrected chi connectivity index (χ2v) is 3.16. The average Bonchev–Trinajstić information content (AvgIpc) is 2.27. The van der Waals surface area contributed by atoms with E-state index >= 15 is 0 Å². The Morgan fingerprint density at radius 2 is 1.94 bits per heavy atom. The highest BCUT2D eigenvalue weighted by atomic mass is 16.4. The van der Waals surface area contributed by atoms with Crippen LogP contribution in [0.5, 0.6) is 0 Å². The van der Waals surface area contributed by atoms with Gasteiger partial charge in [0, 0.05) is 6.20 Å². The zero-order valence-electron chi connectivity index (χ0n) is 8.70. The molecule has 17 heavy (non-hydrogen) atoms. The van der Waals surface area contributed by atoms with Crippen molar-refractivity contribution in [3.05, 3.63) is 23.9 Å². The lowest BCUT2D eigenvalue weighted by molar-refractivity contribution is -0.136. The molecule has 0 bridgehead atoms. The first-order chi connectivity index (χ1) is 8.02. The van der Waals surface area contributed by atoms with Crippen molar-refractivity contribution in [1.29, 1.82) is 5.26 Å². The lowest BCUT2D eigenvalue weighted by Crippen LogP contribution is -2.35. The van der Waals surface area contributed by atoms with E-state index in [1.807, 2.05) is 6.07 Å². The molecular formula is C10H9N3O4. The van der Waals surface area contributed by atoms with Crippen LogP contribution in [0.3, 0.4) is 0 Å². The lowest BCUT2D eigenvalue weighted by atomic mass is 10.3. The van der Waals surface area contributed by atoms with Crippen molar-refractivity contribution in [3.8, 4) is 6.07 Å². The van der Waals surface area contributed by atoms with Crippen LogP contribution >= 0.6 is 0 Å². The van der Waals surface area contributed by atoms with Crippen molar-refractivity contribution in [3.63, 3.8) is 0 Å². The third-order valence-corrected chi connectivity index (χ3v) is 1.85. The van der Waals surface area contributed by atoms with E-state index in [1.54, 1.807) is 0 Å². The molecule has 0 aromatic carbocycles. The molecule has 1 aromatic heterocycles. The minimum absolute atomic E-state index is 0.147. The van der Waals surface area contributed by atoms with Gasteiger partial charge >= 0.3 is 11.9 Å². The first-order valence-electron chi connectivity index (χ1n) is 4.57. The van der Waals surface area contributed by atoms with Gasteiger partial charge in [0.05, 0.1) is 11.6 Å². The number of aromatic nitrogens is 1. The van der Waals surface area contributed by atoms with Crippen molar-refractivity contribution >= 4 is 17.8 Å². The van der Waals surface area contributed by atoms with Crippen LogP contribution in [0.2, 0.25) is 0 Å². The SMILES string of the molecule is N#Cc1ccnc(N(CC(=O)O)CC(=O)O)c1. The number of hydrogen-bond donors (Lipinski definition) is 2. The van der Waals surface area contributed by atoms with Crippen molar-refractivity contribution in [2.24, 2.45) is 0 Å². The van der Waals surface area contributed by atoms with E-state index in [2.05, 4.69) is 4.98 Å². The average molecular weight is 235 g/mol. The van der Waals surface area contributed by atoms with Crippen LogP contribution in [-0.4, -0.2) is 40.2 Å². The van der Waals surface area contributed by atoms with Crippen molar-refractivity contribution in [2.75, 3.05) is 18.0 Å². The van der Waals surface area contributed by atoms with E-state index in [-0.39, 0.29) is 11.4 Å². The summed E-state index contributed by atoms with van der Waals surface area (Å²) in [5, 5.41) is 26.0. The smallest absolute Gasteiger partial charge is 0.323 e. The molecule has 7 nitrogen and oxygen atoms in total. The first kappa shape index (κ1) is 12.4. The Labute approximate surface area is 96.5 Å². The topological polar surface area (TPSA) is 115 Å². The van der Waals surface area contributed by atoms with E-state index in [1.165, 1.54) is 18.3 Å². The fraction of sp³-hybridized carbons (Fsp3) is 0.200. The lowest BCUT2D eigenvalue weighted by Gasteiger charge is -2.19. The number of nitrogens with zero attached hydrogens (tertiary/aromatic N) is 3. The predicted molar refractivity (Wildman–Crippen MR) is 56.4 cm³/mol. The molecule has 88 valence electrons. The summed E-state index contributed by atoms with van der Waals surface area (Å²) >= 11 is 0. The second kappa shape index (κ2) is 5.46. The number of hydrogen-bond acceptors (Lipinski definition) is 5. The van der Waals surface area contributed by atoms with Crippen molar-refractivity contribution in [2.45, 2.75) is 0 Å². The fourth-order valence-corrected chi connectivity index (χ4v) is 1.21. The molecule has 0 saturated heterocycles. The molecule has 0 radical (unpaired) electrons. The van der Waals surface area contributed by atoms with E-state index in [0.29, 0.717) is 0 Å². The highest BCUT2D eigenvalue weighted by Crippen LogP contribution is 2.11. The molecule has 0 amide bonds. The van der Waals surface area contributed by atoms with Gasteiger partial charge in [0.1, 0.15) is 18.9 Å². The summed E-state index contributed by atoms with van der Waals surface area (Å²) in [6, 6.07) is 4.65. The molecule has 0 aliphatic carbocycles. The molecule has 0 saturated carbocycles. The second-order valence-electron chi connectivity index (χ2n) is 3.16. The van der Waals surface area contributed by atoms with E-state index in [0.717, 1.165) is 4.90 Å². The number of anilines is 1. The number of carboxylic acids is 2. The van der Waals surface area contributed by atoms with Crippen LogP contribution in [0, 0.1) is 11.3 Å². The number of rotatable bonds is 5. The summed E-state index contributed by atoms with van der Waals surface area (Å²) in [5.41, 5.74) is 0.288. The van der Waals surface area contributed by atoms with Gasteiger partial charge in [-0.15, -0.1) is 0 Å². The Bertz CT molecular complexity index is 465. The van der Waals surface area contributed by atoms with E-state index in [4.69, 9.17) is 15.5 Å². The van der Waals surface area contributed by atoms with Crippen LogP contribution < -0.4 is 4.90 Å². The number of pyridine rings is 1. The highest BCUT2D eigenvalue weighted by molar-refractivity contribution is 5.78. The van der Waals surface area contributed by atoms with Crippen molar-refractivity contribution < 1.29 is 19.8 Å². The molecule has 0 spiro atoms. The maximum absolute atomic E-state index is 10.6. The quantitative estimate of drug-likeness (QED) is 0.733. The minimum atomic E-state index is -1.17. The van der Waals surface area contributed by atoms with Crippen LogP contribution in [-0.2, 0) is 9.59 Å². The van der Waals surface area contributed by atoms with Crippen LogP contribution in [0.25, 0.3) is 0 Å². The summed E-state index contributed by atoms with van der Waals surface area (Å²) in [6.07, 6.45) is 1.32. The van der Waals surface area contributed by atoms with Crippen LogP contribution in [0.1, 0.15) is 5.56 Å². The molecule has 1 heterocycles. The predicted octanol–water partition coefficient (Wildman–Crippen LogP) is -0.0711. The molecule has 0 atom stereocenters. The molecule has 0 unspecified atom stereocenters. The maximum Gasteiger partial charge on any atom is 0.323 e. The Hall–Kier alpha value is -2.62. The normalized spacial score (nSPS) is 9.35. The fourth-order valence-electron chi connectivity index (χ4n) is 1.21. The summed E-state index contributed by atoms with van der Waals surface area (Å²) in [7, 11) is 0.